The normalized spacial score (nSPS) is 10.5. The third kappa shape index (κ3) is 3.63. The first-order chi connectivity index (χ1) is 8.45. The number of nitrogen functional groups attached to an aromatic ring is 1. The third-order valence-corrected chi connectivity index (χ3v) is 2.57. The fourth-order valence-corrected chi connectivity index (χ4v) is 1.47. The SMILES string of the molecule is COC(=O)c1cc(OCCN(C)C)cc(C)c1N. The molecule has 5 heteroatoms. The number of carbonyl (C=O) groups is 1. The molecule has 18 heavy (non-hydrogen) atoms. The molecule has 0 spiro atoms. The van der Waals surface area contributed by atoms with Gasteiger partial charge in [0.1, 0.15) is 12.4 Å². The van der Waals surface area contributed by atoms with E-state index in [9.17, 15) is 4.79 Å². The van der Waals surface area contributed by atoms with Crippen molar-refractivity contribution in [3.8, 4) is 5.75 Å². The minimum Gasteiger partial charge on any atom is -0.492 e. The van der Waals surface area contributed by atoms with E-state index >= 15 is 0 Å². The lowest BCUT2D eigenvalue weighted by Crippen LogP contribution is -2.19. The van der Waals surface area contributed by atoms with Crippen molar-refractivity contribution in [2.24, 2.45) is 0 Å². The molecule has 0 aliphatic carbocycles. The van der Waals surface area contributed by atoms with E-state index in [0.29, 0.717) is 23.6 Å². The van der Waals surface area contributed by atoms with Gasteiger partial charge >= 0.3 is 5.97 Å². The van der Waals surface area contributed by atoms with Gasteiger partial charge < -0.3 is 20.1 Å². The van der Waals surface area contributed by atoms with Crippen molar-refractivity contribution < 1.29 is 14.3 Å². The molecule has 1 aromatic rings. The fraction of sp³-hybridized carbons (Fsp3) is 0.462. The lowest BCUT2D eigenvalue weighted by molar-refractivity contribution is 0.0601. The molecule has 0 saturated carbocycles. The maximum Gasteiger partial charge on any atom is 0.340 e. The number of hydrogen-bond donors (Lipinski definition) is 1. The van der Waals surface area contributed by atoms with Crippen LogP contribution in [0.5, 0.6) is 5.75 Å². The Morgan fingerprint density at radius 3 is 2.61 bits per heavy atom. The second kappa shape index (κ2) is 6.26. The van der Waals surface area contributed by atoms with Gasteiger partial charge in [-0.1, -0.05) is 0 Å². The first kappa shape index (κ1) is 14.3. The van der Waals surface area contributed by atoms with Gasteiger partial charge in [-0.2, -0.15) is 0 Å². The Balaban J connectivity index is 2.87. The van der Waals surface area contributed by atoms with E-state index in [2.05, 4.69) is 4.74 Å². The minimum absolute atomic E-state index is 0.345. The zero-order valence-electron chi connectivity index (χ0n) is 11.3. The van der Waals surface area contributed by atoms with Crippen molar-refractivity contribution in [2.75, 3.05) is 40.1 Å². The van der Waals surface area contributed by atoms with Crippen molar-refractivity contribution >= 4 is 11.7 Å². The van der Waals surface area contributed by atoms with Crippen LogP contribution in [0.2, 0.25) is 0 Å². The summed E-state index contributed by atoms with van der Waals surface area (Å²) in [4.78, 5) is 13.6. The highest BCUT2D eigenvalue weighted by Crippen LogP contribution is 2.25. The van der Waals surface area contributed by atoms with Gasteiger partial charge in [0.25, 0.3) is 0 Å². The summed E-state index contributed by atoms with van der Waals surface area (Å²) in [6.07, 6.45) is 0. The molecule has 2 N–H and O–H groups in total. The topological polar surface area (TPSA) is 64.8 Å². The van der Waals surface area contributed by atoms with Crippen molar-refractivity contribution in [1.29, 1.82) is 0 Å². The van der Waals surface area contributed by atoms with E-state index < -0.39 is 5.97 Å². The molecular formula is C13H20N2O3. The van der Waals surface area contributed by atoms with Crippen LogP contribution >= 0.6 is 0 Å². The van der Waals surface area contributed by atoms with Crippen LogP contribution in [0.3, 0.4) is 0 Å². The molecule has 0 heterocycles. The molecule has 1 aromatic carbocycles. The molecule has 0 radical (unpaired) electrons. The first-order valence-electron chi connectivity index (χ1n) is 5.71. The maximum atomic E-state index is 11.6. The summed E-state index contributed by atoms with van der Waals surface area (Å²) in [7, 11) is 5.27. The Morgan fingerprint density at radius 1 is 1.39 bits per heavy atom. The standard InChI is InChI=1S/C13H20N2O3/c1-9-7-10(18-6-5-15(2)3)8-11(12(9)14)13(16)17-4/h7-8H,5-6,14H2,1-4H3. The molecule has 0 atom stereocenters. The van der Waals surface area contributed by atoms with Crippen LogP contribution < -0.4 is 10.5 Å². The number of methoxy groups -OCH3 is 1. The van der Waals surface area contributed by atoms with Crippen LogP contribution in [0.25, 0.3) is 0 Å². The van der Waals surface area contributed by atoms with Gasteiger partial charge in [-0.25, -0.2) is 4.79 Å². The molecule has 100 valence electrons. The van der Waals surface area contributed by atoms with Crippen LogP contribution in [0.4, 0.5) is 5.69 Å². The van der Waals surface area contributed by atoms with Crippen LogP contribution in [0.1, 0.15) is 15.9 Å². The highest BCUT2D eigenvalue weighted by atomic mass is 16.5. The lowest BCUT2D eigenvalue weighted by atomic mass is 10.1. The number of likely N-dealkylation sites (N-methyl/N-ethyl adjacent to an activating group) is 1. The second-order valence-corrected chi connectivity index (χ2v) is 4.34. The Bertz CT molecular complexity index is 430. The van der Waals surface area contributed by atoms with Crippen molar-refractivity contribution in [1.82, 2.24) is 4.90 Å². The number of hydrogen-bond acceptors (Lipinski definition) is 5. The number of anilines is 1. The van der Waals surface area contributed by atoms with Crippen molar-refractivity contribution in [3.63, 3.8) is 0 Å². The summed E-state index contributed by atoms with van der Waals surface area (Å²) in [5.41, 5.74) is 7.42. The minimum atomic E-state index is -0.450. The van der Waals surface area contributed by atoms with Gasteiger partial charge in [0.2, 0.25) is 0 Å². The molecule has 0 bridgehead atoms. The number of aryl methyl sites for hydroxylation is 1. The van der Waals surface area contributed by atoms with E-state index in [-0.39, 0.29) is 0 Å². The van der Waals surface area contributed by atoms with Crippen molar-refractivity contribution in [3.05, 3.63) is 23.3 Å². The lowest BCUT2D eigenvalue weighted by Gasteiger charge is -2.13. The van der Waals surface area contributed by atoms with E-state index in [0.717, 1.165) is 12.1 Å². The van der Waals surface area contributed by atoms with Gasteiger partial charge in [-0.05, 0) is 38.7 Å². The smallest absolute Gasteiger partial charge is 0.340 e. The summed E-state index contributed by atoms with van der Waals surface area (Å²) in [6, 6.07) is 3.43. The molecular weight excluding hydrogens is 232 g/mol. The van der Waals surface area contributed by atoms with Gasteiger partial charge in [-0.15, -0.1) is 0 Å². The molecule has 0 amide bonds. The second-order valence-electron chi connectivity index (χ2n) is 4.34. The summed E-state index contributed by atoms with van der Waals surface area (Å²) < 4.78 is 10.3. The van der Waals surface area contributed by atoms with Gasteiger partial charge in [0, 0.05) is 12.2 Å². The third-order valence-electron chi connectivity index (χ3n) is 2.57. The van der Waals surface area contributed by atoms with E-state index in [1.807, 2.05) is 32.0 Å². The van der Waals surface area contributed by atoms with Gasteiger partial charge in [0.15, 0.2) is 0 Å². The summed E-state index contributed by atoms with van der Waals surface area (Å²) in [5.74, 6) is 0.178. The molecule has 0 fully saturated rings. The highest BCUT2D eigenvalue weighted by Gasteiger charge is 2.13. The first-order valence-corrected chi connectivity index (χ1v) is 5.71. The molecule has 0 aromatic heterocycles. The Hall–Kier alpha value is -1.75. The summed E-state index contributed by atoms with van der Waals surface area (Å²) >= 11 is 0. The Kier molecular flexibility index (Phi) is 4.97. The summed E-state index contributed by atoms with van der Waals surface area (Å²) in [6.45, 7) is 3.19. The van der Waals surface area contributed by atoms with E-state index in [1.165, 1.54) is 7.11 Å². The average molecular weight is 252 g/mol. The summed E-state index contributed by atoms with van der Waals surface area (Å²) in [5, 5.41) is 0. The molecule has 0 aliphatic rings. The number of carbonyl (C=O) groups excluding carboxylic acids is 1. The predicted octanol–water partition coefficient (Wildman–Crippen LogP) is 1.30. The number of nitrogens with two attached hydrogens (primary N) is 1. The number of ether oxygens (including phenoxy) is 2. The van der Waals surface area contributed by atoms with Crippen LogP contribution in [-0.2, 0) is 4.74 Å². The number of esters is 1. The number of rotatable bonds is 5. The number of nitrogens with zero attached hydrogens (tertiary/aromatic N) is 1. The predicted molar refractivity (Wildman–Crippen MR) is 71.0 cm³/mol. The van der Waals surface area contributed by atoms with Gasteiger partial charge in [-0.3, -0.25) is 0 Å². The van der Waals surface area contributed by atoms with E-state index in [1.54, 1.807) is 6.07 Å². The largest absolute Gasteiger partial charge is 0.492 e. The Morgan fingerprint density at radius 2 is 2.06 bits per heavy atom. The molecule has 0 saturated heterocycles. The zero-order valence-corrected chi connectivity index (χ0v) is 11.3. The monoisotopic (exact) mass is 252 g/mol. The van der Waals surface area contributed by atoms with Crippen LogP contribution in [0, 0.1) is 6.92 Å². The molecule has 5 nitrogen and oxygen atoms in total. The molecule has 0 unspecified atom stereocenters. The highest BCUT2D eigenvalue weighted by molar-refractivity contribution is 5.96. The molecule has 1 rings (SSSR count). The number of benzene rings is 1. The van der Waals surface area contributed by atoms with E-state index in [4.69, 9.17) is 10.5 Å². The van der Waals surface area contributed by atoms with Crippen molar-refractivity contribution in [2.45, 2.75) is 6.92 Å². The Labute approximate surface area is 107 Å². The molecule has 0 aliphatic heterocycles. The average Bonchev–Trinajstić information content (AvgIpc) is 2.32. The quantitative estimate of drug-likeness (QED) is 0.632. The fourth-order valence-electron chi connectivity index (χ4n) is 1.47. The van der Waals surface area contributed by atoms with Gasteiger partial charge in [0.05, 0.1) is 12.7 Å². The maximum absolute atomic E-state index is 11.6. The van der Waals surface area contributed by atoms with Crippen LogP contribution in [-0.4, -0.2) is 45.2 Å². The zero-order chi connectivity index (χ0) is 13.7. The van der Waals surface area contributed by atoms with Crippen LogP contribution in [0.15, 0.2) is 12.1 Å².